The van der Waals surface area contributed by atoms with Crippen LogP contribution >= 0.6 is 0 Å². The van der Waals surface area contributed by atoms with Gasteiger partial charge in [0.2, 0.25) is 11.9 Å². The van der Waals surface area contributed by atoms with Crippen molar-refractivity contribution in [3.63, 3.8) is 0 Å². The molecule has 1 heterocycles. The Hall–Kier alpha value is -2.51. The van der Waals surface area contributed by atoms with Crippen molar-refractivity contribution in [3.05, 3.63) is 35.4 Å². The van der Waals surface area contributed by atoms with Crippen LogP contribution in [0.15, 0.2) is 18.2 Å². The van der Waals surface area contributed by atoms with E-state index >= 15 is 0 Å². The third-order valence-corrected chi connectivity index (χ3v) is 3.39. The molecule has 110 valence electrons. The standard InChI is InChI=1S/C13H12F2N4O2/c1-21-13-17-12(18-19-13)16-11(20)8-5-7(8)6-2-3-9(14)10(15)4-6/h2-4,7-8H,5H2,1H3,(H2,16,17,18,19,20)/t7-,8+/m1/s1. The number of carbonyl (C=O) groups is 1. The van der Waals surface area contributed by atoms with Gasteiger partial charge in [0.25, 0.3) is 0 Å². The molecule has 6 nitrogen and oxygen atoms in total. The zero-order chi connectivity index (χ0) is 15.0. The number of aromatic amines is 1. The molecule has 3 rings (SSSR count). The van der Waals surface area contributed by atoms with Crippen molar-refractivity contribution >= 4 is 11.9 Å². The van der Waals surface area contributed by atoms with E-state index in [0.717, 1.165) is 12.1 Å². The Morgan fingerprint density at radius 3 is 2.90 bits per heavy atom. The molecule has 0 bridgehead atoms. The number of rotatable bonds is 4. The topological polar surface area (TPSA) is 79.9 Å². The van der Waals surface area contributed by atoms with Gasteiger partial charge in [-0.25, -0.2) is 13.9 Å². The maximum absolute atomic E-state index is 13.2. The van der Waals surface area contributed by atoms with E-state index in [1.54, 1.807) is 0 Å². The first-order valence-corrected chi connectivity index (χ1v) is 6.30. The van der Waals surface area contributed by atoms with Gasteiger partial charge in [0.05, 0.1) is 7.11 Å². The van der Waals surface area contributed by atoms with Crippen molar-refractivity contribution in [2.75, 3.05) is 12.4 Å². The number of nitrogens with one attached hydrogen (secondary N) is 2. The largest absolute Gasteiger partial charge is 0.466 e. The van der Waals surface area contributed by atoms with E-state index in [2.05, 4.69) is 20.5 Å². The number of ether oxygens (including phenoxy) is 1. The maximum atomic E-state index is 13.2. The number of carbonyl (C=O) groups excluding carboxylic acids is 1. The summed E-state index contributed by atoms with van der Waals surface area (Å²) < 4.78 is 30.8. The highest BCUT2D eigenvalue weighted by Crippen LogP contribution is 2.48. The van der Waals surface area contributed by atoms with Crippen LogP contribution in [0.2, 0.25) is 0 Å². The second-order valence-corrected chi connectivity index (χ2v) is 4.78. The first-order valence-electron chi connectivity index (χ1n) is 6.30. The van der Waals surface area contributed by atoms with Crippen LogP contribution in [0.5, 0.6) is 6.01 Å². The summed E-state index contributed by atoms with van der Waals surface area (Å²) in [6.07, 6.45) is 0.585. The monoisotopic (exact) mass is 294 g/mol. The van der Waals surface area contributed by atoms with Crippen LogP contribution in [-0.4, -0.2) is 28.2 Å². The molecule has 8 heteroatoms. The summed E-state index contributed by atoms with van der Waals surface area (Å²) in [6, 6.07) is 3.82. The summed E-state index contributed by atoms with van der Waals surface area (Å²) in [5, 5.41) is 8.78. The first kappa shape index (κ1) is 13.5. The number of aromatic nitrogens is 3. The fraction of sp³-hybridized carbons (Fsp3) is 0.308. The van der Waals surface area contributed by atoms with Gasteiger partial charge in [-0.1, -0.05) is 6.07 Å². The summed E-state index contributed by atoms with van der Waals surface area (Å²) in [5.74, 6) is -2.25. The van der Waals surface area contributed by atoms with E-state index < -0.39 is 11.6 Å². The van der Waals surface area contributed by atoms with Gasteiger partial charge in [-0.15, -0.1) is 5.10 Å². The van der Waals surface area contributed by atoms with Crippen LogP contribution in [-0.2, 0) is 4.79 Å². The molecule has 2 atom stereocenters. The first-order chi connectivity index (χ1) is 10.1. The molecule has 0 aliphatic heterocycles. The molecule has 2 N–H and O–H groups in total. The minimum absolute atomic E-state index is 0.107. The minimum atomic E-state index is -0.904. The smallest absolute Gasteiger partial charge is 0.336 e. The van der Waals surface area contributed by atoms with E-state index in [4.69, 9.17) is 4.74 Å². The number of amides is 1. The minimum Gasteiger partial charge on any atom is -0.466 e. The molecule has 2 aromatic rings. The van der Waals surface area contributed by atoms with E-state index in [-0.39, 0.29) is 29.7 Å². The summed E-state index contributed by atoms with van der Waals surface area (Å²) >= 11 is 0. The van der Waals surface area contributed by atoms with E-state index in [1.165, 1.54) is 13.2 Å². The van der Waals surface area contributed by atoms with Gasteiger partial charge in [0.15, 0.2) is 11.6 Å². The molecule has 0 radical (unpaired) electrons. The molecule has 21 heavy (non-hydrogen) atoms. The van der Waals surface area contributed by atoms with Crippen molar-refractivity contribution in [2.45, 2.75) is 12.3 Å². The number of benzene rings is 1. The zero-order valence-corrected chi connectivity index (χ0v) is 11.1. The lowest BCUT2D eigenvalue weighted by Crippen LogP contribution is -2.15. The third-order valence-electron chi connectivity index (χ3n) is 3.39. The highest BCUT2D eigenvalue weighted by Gasteiger charge is 2.44. The van der Waals surface area contributed by atoms with Crippen LogP contribution in [0.4, 0.5) is 14.7 Å². The normalized spacial score (nSPS) is 20.1. The van der Waals surface area contributed by atoms with Crippen LogP contribution in [0, 0.1) is 17.6 Å². The van der Waals surface area contributed by atoms with E-state index in [1.807, 2.05) is 0 Å². The Bertz CT molecular complexity index is 689. The number of H-pyrrole nitrogens is 1. The van der Waals surface area contributed by atoms with Crippen LogP contribution in [0.3, 0.4) is 0 Å². The average Bonchev–Trinajstić information content (AvgIpc) is 3.15. The van der Waals surface area contributed by atoms with Crippen LogP contribution in [0.1, 0.15) is 17.9 Å². The molecular weight excluding hydrogens is 282 g/mol. The van der Waals surface area contributed by atoms with Crippen molar-refractivity contribution < 1.29 is 18.3 Å². The number of hydrogen-bond donors (Lipinski definition) is 2. The highest BCUT2D eigenvalue weighted by molar-refractivity contribution is 5.93. The molecule has 1 aromatic heterocycles. The Kier molecular flexibility index (Phi) is 3.28. The number of hydrogen-bond acceptors (Lipinski definition) is 4. The molecule has 0 unspecified atom stereocenters. The third kappa shape index (κ3) is 2.69. The summed E-state index contributed by atoms with van der Waals surface area (Å²) in [7, 11) is 1.41. The lowest BCUT2D eigenvalue weighted by Gasteiger charge is -2.02. The van der Waals surface area contributed by atoms with Crippen LogP contribution in [0.25, 0.3) is 0 Å². The molecule has 1 saturated carbocycles. The molecular formula is C13H12F2N4O2. The highest BCUT2D eigenvalue weighted by atomic mass is 19.2. The molecule has 1 aromatic carbocycles. The Morgan fingerprint density at radius 1 is 1.43 bits per heavy atom. The fourth-order valence-corrected chi connectivity index (χ4v) is 2.20. The number of nitrogens with zero attached hydrogens (tertiary/aromatic N) is 2. The number of halogens is 2. The van der Waals surface area contributed by atoms with Gasteiger partial charge in [-0.05, 0) is 30.0 Å². The second kappa shape index (κ2) is 5.12. The van der Waals surface area contributed by atoms with Crippen LogP contribution < -0.4 is 10.1 Å². The quantitative estimate of drug-likeness (QED) is 0.901. The molecule has 1 fully saturated rings. The summed E-state index contributed by atoms with van der Waals surface area (Å²) in [6.45, 7) is 0. The second-order valence-electron chi connectivity index (χ2n) is 4.78. The van der Waals surface area contributed by atoms with Gasteiger partial charge in [0, 0.05) is 5.92 Å². The fourth-order valence-electron chi connectivity index (χ4n) is 2.20. The summed E-state index contributed by atoms with van der Waals surface area (Å²) in [5.41, 5.74) is 0.615. The molecule has 1 aliphatic carbocycles. The SMILES string of the molecule is COc1n[nH]c(NC(=O)[C@H]2C[C@@H]2c2ccc(F)c(F)c2)n1. The van der Waals surface area contributed by atoms with Gasteiger partial charge < -0.3 is 4.74 Å². The van der Waals surface area contributed by atoms with Gasteiger partial charge in [-0.2, -0.15) is 4.98 Å². The zero-order valence-electron chi connectivity index (χ0n) is 11.1. The Morgan fingerprint density at radius 2 is 2.24 bits per heavy atom. The Labute approximate surface area is 118 Å². The molecule has 0 spiro atoms. The van der Waals surface area contributed by atoms with Crippen molar-refractivity contribution in [1.82, 2.24) is 15.2 Å². The van der Waals surface area contributed by atoms with Crippen molar-refractivity contribution in [3.8, 4) is 6.01 Å². The predicted molar refractivity (Wildman–Crippen MR) is 68.8 cm³/mol. The van der Waals surface area contributed by atoms with Gasteiger partial charge in [-0.3, -0.25) is 10.1 Å². The van der Waals surface area contributed by atoms with Crippen molar-refractivity contribution in [1.29, 1.82) is 0 Å². The predicted octanol–water partition coefficient (Wildman–Crippen LogP) is 1.83. The van der Waals surface area contributed by atoms with Crippen molar-refractivity contribution in [2.24, 2.45) is 5.92 Å². The Balaban J connectivity index is 1.64. The molecule has 0 saturated heterocycles. The lowest BCUT2D eigenvalue weighted by molar-refractivity contribution is -0.117. The molecule has 1 amide bonds. The average molecular weight is 294 g/mol. The lowest BCUT2D eigenvalue weighted by atomic mass is 10.1. The number of anilines is 1. The van der Waals surface area contributed by atoms with Gasteiger partial charge in [0.1, 0.15) is 0 Å². The van der Waals surface area contributed by atoms with Gasteiger partial charge >= 0.3 is 6.01 Å². The number of methoxy groups -OCH3 is 1. The maximum Gasteiger partial charge on any atom is 0.336 e. The summed E-state index contributed by atoms with van der Waals surface area (Å²) in [4.78, 5) is 15.9. The van der Waals surface area contributed by atoms with E-state index in [0.29, 0.717) is 12.0 Å². The van der Waals surface area contributed by atoms with E-state index in [9.17, 15) is 13.6 Å². The molecule has 1 aliphatic rings.